The summed E-state index contributed by atoms with van der Waals surface area (Å²) in [5.74, 6) is 3.48. The van der Waals surface area contributed by atoms with Gasteiger partial charge < -0.3 is 18.9 Å². The van der Waals surface area contributed by atoms with Gasteiger partial charge in [-0.3, -0.25) is 14.5 Å². The summed E-state index contributed by atoms with van der Waals surface area (Å²) in [6, 6.07) is 0. The average molecular weight is 660 g/mol. The molecule has 3 fully saturated rings. The van der Waals surface area contributed by atoms with Gasteiger partial charge >= 0.3 is 11.9 Å². The molecule has 0 radical (unpaired) electrons. The topological polar surface area (TPSA) is 74.3 Å². The highest BCUT2D eigenvalue weighted by Gasteiger charge is 2.63. The minimum atomic E-state index is -0.349. The van der Waals surface area contributed by atoms with Crippen molar-refractivity contribution in [1.82, 2.24) is 4.90 Å². The van der Waals surface area contributed by atoms with Crippen molar-refractivity contribution < 1.29 is 28.5 Å². The quantitative estimate of drug-likeness (QED) is 0.0834. The molecule has 270 valence electrons. The van der Waals surface area contributed by atoms with Gasteiger partial charge in [0.25, 0.3) is 0 Å². The molecule has 0 aromatic heterocycles. The summed E-state index contributed by atoms with van der Waals surface area (Å²) in [4.78, 5) is 25.7. The zero-order valence-corrected chi connectivity index (χ0v) is 31.4. The number of fused-ring (bicyclic) bond motifs is 5. The van der Waals surface area contributed by atoms with Crippen molar-refractivity contribution >= 4 is 11.9 Å². The molecule has 7 heteroatoms. The fraction of sp³-hybridized carbons (Fsp3) is 0.900. The second-order valence-corrected chi connectivity index (χ2v) is 16.7. The van der Waals surface area contributed by atoms with Crippen molar-refractivity contribution in [3.05, 3.63) is 11.6 Å². The number of carbonyl (C=O) groups is 2. The highest BCUT2D eigenvalue weighted by Crippen LogP contribution is 2.72. The van der Waals surface area contributed by atoms with E-state index in [2.05, 4.69) is 47.6 Å². The van der Waals surface area contributed by atoms with Crippen LogP contribution in [0.5, 0.6) is 0 Å². The van der Waals surface area contributed by atoms with Gasteiger partial charge in [-0.1, -0.05) is 72.5 Å². The molecule has 0 saturated heterocycles. The molecule has 0 aromatic rings. The standard InChI is InChI=1S/C40H69NO6/c1-9-45-36(42)27-41(28-37(43)46-10-2)22-23-44-24-25-47-32-17-20-38(6)31(26-32)16-19-40(8)34-15-14-33(30(5)13-11-12-29(3)4)39(34,7)21-18-35(38)40/h16,29-30,32-35H,9-15,17-28H2,1-8H3/t30-,32+,33-,34-,35-,38+,39-,40+/m1/s1. The highest BCUT2D eigenvalue weighted by atomic mass is 16.5. The monoisotopic (exact) mass is 660 g/mol. The molecule has 0 aromatic carbocycles. The van der Waals surface area contributed by atoms with E-state index < -0.39 is 0 Å². The molecule has 0 spiro atoms. The first-order valence-corrected chi connectivity index (χ1v) is 19.3. The fourth-order valence-corrected chi connectivity index (χ4v) is 11.0. The smallest absolute Gasteiger partial charge is 0.320 e. The van der Waals surface area contributed by atoms with Gasteiger partial charge in [0.1, 0.15) is 0 Å². The van der Waals surface area contributed by atoms with Gasteiger partial charge in [-0.15, -0.1) is 0 Å². The van der Waals surface area contributed by atoms with Gasteiger partial charge in [0.15, 0.2) is 0 Å². The van der Waals surface area contributed by atoms with E-state index in [0.29, 0.717) is 55.8 Å². The second-order valence-electron chi connectivity index (χ2n) is 16.7. The van der Waals surface area contributed by atoms with Crippen LogP contribution in [0.3, 0.4) is 0 Å². The Balaban J connectivity index is 1.25. The van der Waals surface area contributed by atoms with Crippen molar-refractivity contribution in [1.29, 1.82) is 0 Å². The summed E-state index contributed by atoms with van der Waals surface area (Å²) >= 11 is 0. The summed E-state index contributed by atoms with van der Waals surface area (Å²) in [5, 5.41) is 0. The summed E-state index contributed by atoms with van der Waals surface area (Å²) in [6.07, 6.45) is 17.4. The molecule has 4 aliphatic carbocycles. The molecule has 0 unspecified atom stereocenters. The van der Waals surface area contributed by atoms with Crippen molar-refractivity contribution in [2.24, 2.45) is 45.8 Å². The van der Waals surface area contributed by atoms with Gasteiger partial charge in [-0.2, -0.15) is 0 Å². The number of rotatable bonds is 18. The van der Waals surface area contributed by atoms with E-state index in [1.807, 2.05) is 0 Å². The Morgan fingerprint density at radius 2 is 1.55 bits per heavy atom. The third kappa shape index (κ3) is 9.03. The molecular formula is C40H69NO6. The van der Waals surface area contributed by atoms with Gasteiger partial charge in [0.05, 0.1) is 52.2 Å². The molecule has 4 rings (SSSR count). The predicted octanol–water partition coefficient (Wildman–Crippen LogP) is 8.25. The minimum Gasteiger partial charge on any atom is -0.465 e. The summed E-state index contributed by atoms with van der Waals surface area (Å²) in [5.41, 5.74) is 2.87. The highest BCUT2D eigenvalue weighted by molar-refractivity contribution is 5.75. The molecule has 47 heavy (non-hydrogen) atoms. The Morgan fingerprint density at radius 1 is 0.851 bits per heavy atom. The molecule has 0 amide bonds. The molecule has 0 heterocycles. The molecule has 3 saturated carbocycles. The molecule has 0 aliphatic heterocycles. The van der Waals surface area contributed by atoms with Gasteiger partial charge in [-0.25, -0.2) is 0 Å². The van der Waals surface area contributed by atoms with Crippen LogP contribution in [0, 0.1) is 45.8 Å². The zero-order valence-electron chi connectivity index (χ0n) is 31.4. The Bertz CT molecular complexity index is 1040. The lowest BCUT2D eigenvalue weighted by atomic mass is 9.41. The zero-order chi connectivity index (χ0) is 34.2. The molecule has 8 atom stereocenters. The van der Waals surface area contributed by atoms with Crippen LogP contribution < -0.4 is 0 Å². The lowest BCUT2D eigenvalue weighted by Gasteiger charge is -2.63. The Hall–Kier alpha value is -1.44. The number of hydrogen-bond acceptors (Lipinski definition) is 7. The maximum absolute atomic E-state index is 12.0. The maximum Gasteiger partial charge on any atom is 0.320 e. The first-order valence-electron chi connectivity index (χ1n) is 19.3. The Kier molecular flexibility index (Phi) is 13.9. The molecule has 0 bridgehead atoms. The van der Waals surface area contributed by atoms with Crippen LogP contribution >= 0.6 is 0 Å². The van der Waals surface area contributed by atoms with Crippen LogP contribution in [-0.4, -0.2) is 75.6 Å². The SMILES string of the molecule is CCOC(=O)CN(CCOCCO[C@H]1CC[C@@]2(C)C(=CC[C@@]3(C)[C@@H]4CC[C@H]([C@H](C)CCCC(C)C)[C@@]4(C)CC[C@@H]32)C1)CC(=O)OCC. The lowest BCUT2D eigenvalue weighted by molar-refractivity contribution is -0.148. The lowest BCUT2D eigenvalue weighted by Crippen LogP contribution is -2.56. The molecular weight excluding hydrogens is 590 g/mol. The van der Waals surface area contributed by atoms with Crippen molar-refractivity contribution in [2.75, 3.05) is 52.7 Å². The van der Waals surface area contributed by atoms with Crippen LogP contribution in [0.2, 0.25) is 0 Å². The van der Waals surface area contributed by atoms with E-state index >= 15 is 0 Å². The Morgan fingerprint density at radius 3 is 2.21 bits per heavy atom. The number of hydrogen-bond donors (Lipinski definition) is 0. The van der Waals surface area contributed by atoms with E-state index in [9.17, 15) is 9.59 Å². The maximum atomic E-state index is 12.0. The van der Waals surface area contributed by atoms with E-state index in [-0.39, 0.29) is 31.1 Å². The Labute approximate surface area is 287 Å². The second kappa shape index (κ2) is 17.0. The van der Waals surface area contributed by atoms with E-state index in [1.54, 1.807) is 24.3 Å². The molecule has 0 N–H and O–H groups in total. The average Bonchev–Trinajstić information content (AvgIpc) is 3.37. The summed E-state index contributed by atoms with van der Waals surface area (Å²) in [6.45, 7) is 21.5. The van der Waals surface area contributed by atoms with Crippen molar-refractivity contribution in [3.63, 3.8) is 0 Å². The summed E-state index contributed by atoms with van der Waals surface area (Å²) < 4.78 is 22.4. The van der Waals surface area contributed by atoms with E-state index in [1.165, 1.54) is 57.8 Å². The van der Waals surface area contributed by atoms with Crippen molar-refractivity contribution in [3.8, 4) is 0 Å². The van der Waals surface area contributed by atoms with Crippen LogP contribution in [0.15, 0.2) is 11.6 Å². The van der Waals surface area contributed by atoms with E-state index in [4.69, 9.17) is 18.9 Å². The van der Waals surface area contributed by atoms with Gasteiger partial charge in [-0.05, 0) is 111 Å². The number of carbonyl (C=O) groups excluding carboxylic acids is 2. The predicted molar refractivity (Wildman–Crippen MR) is 188 cm³/mol. The van der Waals surface area contributed by atoms with Gasteiger partial charge in [0.2, 0.25) is 0 Å². The van der Waals surface area contributed by atoms with Crippen LogP contribution in [0.1, 0.15) is 126 Å². The number of ether oxygens (including phenoxy) is 4. The van der Waals surface area contributed by atoms with Gasteiger partial charge in [0, 0.05) is 6.54 Å². The van der Waals surface area contributed by atoms with Crippen LogP contribution in [0.4, 0.5) is 0 Å². The first-order chi connectivity index (χ1) is 22.4. The fourth-order valence-electron chi connectivity index (χ4n) is 11.0. The van der Waals surface area contributed by atoms with Crippen LogP contribution in [-0.2, 0) is 28.5 Å². The first kappa shape index (κ1) is 38.4. The van der Waals surface area contributed by atoms with E-state index in [0.717, 1.165) is 42.4 Å². The molecule has 4 aliphatic rings. The largest absolute Gasteiger partial charge is 0.465 e. The van der Waals surface area contributed by atoms with Crippen LogP contribution in [0.25, 0.3) is 0 Å². The number of nitrogens with zero attached hydrogens (tertiary/aromatic N) is 1. The normalized spacial score (nSPS) is 34.0. The number of esters is 2. The van der Waals surface area contributed by atoms with Crippen molar-refractivity contribution in [2.45, 2.75) is 132 Å². The molecule has 7 nitrogen and oxygen atoms in total. The minimum absolute atomic E-state index is 0.0423. The summed E-state index contributed by atoms with van der Waals surface area (Å²) in [7, 11) is 0. The number of allylic oxidation sites excluding steroid dienone is 1. The third-order valence-electron chi connectivity index (χ3n) is 13.3. The third-order valence-corrected chi connectivity index (χ3v) is 13.3.